The van der Waals surface area contributed by atoms with E-state index in [1.54, 1.807) is 0 Å². The molecular weight excluding hydrogens is 214 g/mol. The van der Waals surface area contributed by atoms with Gasteiger partial charge in [0.15, 0.2) is 11.5 Å². The van der Waals surface area contributed by atoms with Gasteiger partial charge in [0, 0.05) is 6.42 Å². The zero-order valence-electron chi connectivity index (χ0n) is 10.6. The third-order valence-electron chi connectivity index (χ3n) is 3.26. The lowest BCUT2D eigenvalue weighted by Gasteiger charge is -2.20. The van der Waals surface area contributed by atoms with Crippen LogP contribution in [0, 0.1) is 5.92 Å². The van der Waals surface area contributed by atoms with Gasteiger partial charge in [-0.15, -0.1) is 0 Å². The van der Waals surface area contributed by atoms with Gasteiger partial charge in [0.1, 0.15) is 0 Å². The number of benzene rings is 1. The van der Waals surface area contributed by atoms with E-state index >= 15 is 0 Å². The van der Waals surface area contributed by atoms with Gasteiger partial charge in [-0.25, -0.2) is 0 Å². The standard InChI is InChI=1S/C14H21NO2/c1-10(2)12(9-15)11-4-5-13-14(8-11)17-7-3-6-16-13/h4-5,8,10,12H,3,6-7,9,15H2,1-2H3. The summed E-state index contributed by atoms with van der Waals surface area (Å²) in [5.74, 6) is 2.63. The molecule has 0 radical (unpaired) electrons. The fraction of sp³-hybridized carbons (Fsp3) is 0.571. The van der Waals surface area contributed by atoms with Crippen molar-refractivity contribution >= 4 is 0 Å². The fourth-order valence-electron chi connectivity index (χ4n) is 2.20. The fourth-order valence-corrected chi connectivity index (χ4v) is 2.20. The molecule has 0 aliphatic carbocycles. The van der Waals surface area contributed by atoms with E-state index in [1.807, 2.05) is 6.07 Å². The maximum absolute atomic E-state index is 5.84. The Morgan fingerprint density at radius 1 is 1.18 bits per heavy atom. The summed E-state index contributed by atoms with van der Waals surface area (Å²) in [5.41, 5.74) is 7.08. The zero-order valence-corrected chi connectivity index (χ0v) is 10.6. The van der Waals surface area contributed by atoms with Crippen molar-refractivity contribution in [2.45, 2.75) is 26.2 Å². The third kappa shape index (κ3) is 2.72. The Kier molecular flexibility index (Phi) is 3.89. The molecule has 0 saturated heterocycles. The summed E-state index contributed by atoms with van der Waals surface area (Å²) in [4.78, 5) is 0. The SMILES string of the molecule is CC(C)C(CN)c1ccc2c(c1)OCCCO2. The molecule has 0 aromatic heterocycles. The summed E-state index contributed by atoms with van der Waals surface area (Å²) in [6.07, 6.45) is 0.939. The topological polar surface area (TPSA) is 44.5 Å². The van der Waals surface area contributed by atoms with Crippen LogP contribution in [0.25, 0.3) is 0 Å². The first-order chi connectivity index (χ1) is 8.22. The highest BCUT2D eigenvalue weighted by Crippen LogP contribution is 2.34. The lowest BCUT2D eigenvalue weighted by atomic mass is 9.88. The van der Waals surface area contributed by atoms with E-state index in [0.717, 1.165) is 31.1 Å². The summed E-state index contributed by atoms with van der Waals surface area (Å²) in [6, 6.07) is 6.18. The predicted octanol–water partition coefficient (Wildman–Crippen LogP) is 2.55. The van der Waals surface area contributed by atoms with Crippen molar-refractivity contribution in [2.24, 2.45) is 11.7 Å². The molecular formula is C14H21NO2. The van der Waals surface area contributed by atoms with Crippen LogP contribution in [0.5, 0.6) is 11.5 Å². The van der Waals surface area contributed by atoms with E-state index in [4.69, 9.17) is 15.2 Å². The Morgan fingerprint density at radius 3 is 2.53 bits per heavy atom. The average molecular weight is 235 g/mol. The lowest BCUT2D eigenvalue weighted by molar-refractivity contribution is 0.297. The van der Waals surface area contributed by atoms with Gasteiger partial charge in [-0.2, -0.15) is 0 Å². The third-order valence-corrected chi connectivity index (χ3v) is 3.26. The maximum atomic E-state index is 5.84. The normalized spacial score (nSPS) is 16.7. The zero-order chi connectivity index (χ0) is 12.3. The molecule has 0 saturated carbocycles. The highest BCUT2D eigenvalue weighted by molar-refractivity contribution is 5.44. The highest BCUT2D eigenvalue weighted by Gasteiger charge is 2.17. The summed E-state index contributed by atoms with van der Waals surface area (Å²) in [7, 11) is 0. The van der Waals surface area contributed by atoms with Crippen molar-refractivity contribution in [3.63, 3.8) is 0 Å². The average Bonchev–Trinajstić information content (AvgIpc) is 2.54. The molecule has 2 rings (SSSR count). The smallest absolute Gasteiger partial charge is 0.161 e. The van der Waals surface area contributed by atoms with Crippen LogP contribution in [0.3, 0.4) is 0 Å². The summed E-state index contributed by atoms with van der Waals surface area (Å²) < 4.78 is 11.3. The molecule has 0 spiro atoms. The summed E-state index contributed by atoms with van der Waals surface area (Å²) >= 11 is 0. The van der Waals surface area contributed by atoms with Crippen LogP contribution in [-0.2, 0) is 0 Å². The maximum Gasteiger partial charge on any atom is 0.161 e. The van der Waals surface area contributed by atoms with Gasteiger partial charge in [0.05, 0.1) is 13.2 Å². The molecule has 3 nitrogen and oxygen atoms in total. The predicted molar refractivity (Wildman–Crippen MR) is 68.7 cm³/mol. The first kappa shape index (κ1) is 12.2. The molecule has 1 aliphatic heterocycles. The van der Waals surface area contributed by atoms with Crippen LogP contribution in [0.15, 0.2) is 18.2 Å². The first-order valence-electron chi connectivity index (χ1n) is 6.32. The molecule has 0 fully saturated rings. The first-order valence-corrected chi connectivity index (χ1v) is 6.32. The van der Waals surface area contributed by atoms with Gasteiger partial charge in [-0.3, -0.25) is 0 Å². The van der Waals surface area contributed by atoms with E-state index < -0.39 is 0 Å². The number of fused-ring (bicyclic) bond motifs is 1. The molecule has 1 heterocycles. The Bertz CT molecular complexity index is 376. The van der Waals surface area contributed by atoms with E-state index in [2.05, 4.69) is 26.0 Å². The van der Waals surface area contributed by atoms with Gasteiger partial charge in [0.2, 0.25) is 0 Å². The van der Waals surface area contributed by atoms with E-state index in [-0.39, 0.29) is 0 Å². The number of nitrogens with two attached hydrogens (primary N) is 1. The van der Waals surface area contributed by atoms with E-state index in [0.29, 0.717) is 18.4 Å². The lowest BCUT2D eigenvalue weighted by Crippen LogP contribution is -2.17. The molecule has 1 aromatic rings. The minimum absolute atomic E-state index is 0.382. The van der Waals surface area contributed by atoms with Crippen LogP contribution in [0.1, 0.15) is 31.7 Å². The van der Waals surface area contributed by atoms with Gasteiger partial charge in [-0.1, -0.05) is 19.9 Å². The number of rotatable bonds is 3. The van der Waals surface area contributed by atoms with E-state index in [9.17, 15) is 0 Å². The largest absolute Gasteiger partial charge is 0.490 e. The Labute approximate surface area is 103 Å². The Balaban J connectivity index is 2.28. The van der Waals surface area contributed by atoms with Crippen molar-refractivity contribution in [1.82, 2.24) is 0 Å². The molecule has 94 valence electrons. The van der Waals surface area contributed by atoms with Crippen LogP contribution in [-0.4, -0.2) is 19.8 Å². The quantitative estimate of drug-likeness (QED) is 0.875. The summed E-state index contributed by atoms with van der Waals surface area (Å²) in [6.45, 7) is 6.51. The molecule has 1 atom stereocenters. The minimum atomic E-state index is 0.382. The molecule has 1 unspecified atom stereocenters. The molecule has 0 amide bonds. The molecule has 17 heavy (non-hydrogen) atoms. The minimum Gasteiger partial charge on any atom is -0.490 e. The van der Waals surface area contributed by atoms with Crippen LogP contribution in [0.2, 0.25) is 0 Å². The second-order valence-electron chi connectivity index (χ2n) is 4.84. The van der Waals surface area contributed by atoms with Crippen molar-refractivity contribution in [3.8, 4) is 11.5 Å². The monoisotopic (exact) mass is 235 g/mol. The van der Waals surface area contributed by atoms with Crippen LogP contribution in [0.4, 0.5) is 0 Å². The van der Waals surface area contributed by atoms with Gasteiger partial charge >= 0.3 is 0 Å². The molecule has 1 aliphatic rings. The van der Waals surface area contributed by atoms with E-state index in [1.165, 1.54) is 5.56 Å². The molecule has 1 aromatic carbocycles. The number of ether oxygens (including phenoxy) is 2. The van der Waals surface area contributed by atoms with Crippen molar-refractivity contribution in [3.05, 3.63) is 23.8 Å². The molecule has 3 heteroatoms. The second kappa shape index (κ2) is 5.41. The second-order valence-corrected chi connectivity index (χ2v) is 4.84. The van der Waals surface area contributed by atoms with Crippen LogP contribution >= 0.6 is 0 Å². The van der Waals surface area contributed by atoms with Crippen LogP contribution < -0.4 is 15.2 Å². The molecule has 0 bridgehead atoms. The van der Waals surface area contributed by atoms with Crippen molar-refractivity contribution in [2.75, 3.05) is 19.8 Å². The Hall–Kier alpha value is -1.22. The molecule has 2 N–H and O–H groups in total. The Morgan fingerprint density at radius 2 is 1.88 bits per heavy atom. The highest BCUT2D eigenvalue weighted by atomic mass is 16.5. The summed E-state index contributed by atoms with van der Waals surface area (Å²) in [5, 5.41) is 0. The number of hydrogen-bond acceptors (Lipinski definition) is 3. The number of hydrogen-bond donors (Lipinski definition) is 1. The van der Waals surface area contributed by atoms with Gasteiger partial charge < -0.3 is 15.2 Å². The van der Waals surface area contributed by atoms with Gasteiger partial charge in [-0.05, 0) is 36.1 Å². The van der Waals surface area contributed by atoms with Crippen molar-refractivity contribution in [1.29, 1.82) is 0 Å². The van der Waals surface area contributed by atoms with Crippen molar-refractivity contribution < 1.29 is 9.47 Å². The van der Waals surface area contributed by atoms with Gasteiger partial charge in [0.25, 0.3) is 0 Å².